The largest absolute Gasteiger partial charge is 0.508 e. The molecule has 96 valence electrons. The first-order valence-corrected chi connectivity index (χ1v) is 7.11. The topological polar surface area (TPSA) is 46.5 Å². The lowest BCUT2D eigenvalue weighted by atomic mass is 9.84. The van der Waals surface area contributed by atoms with Crippen LogP contribution in [-0.4, -0.2) is 27.0 Å². The number of hydrogen-bond donors (Lipinski definition) is 1. The number of rotatable bonds is 0. The maximum atomic E-state index is 12.6. The van der Waals surface area contributed by atoms with Gasteiger partial charge in [0.15, 0.2) is 5.60 Å². The molecule has 1 unspecified atom stereocenters. The number of aromatic hydroxyl groups is 1. The Labute approximate surface area is 111 Å². The number of ether oxygens (including phenoxy) is 1. The summed E-state index contributed by atoms with van der Waals surface area (Å²) in [7, 11) is 0. The molecule has 1 N–H and O–H groups in total. The zero-order chi connectivity index (χ0) is 13.0. The summed E-state index contributed by atoms with van der Waals surface area (Å²) in [5, 5.41) is 9.48. The number of fused-ring (bicyclic) bond motifs is 1. The van der Waals surface area contributed by atoms with Gasteiger partial charge in [0.25, 0.3) is 0 Å². The molecular weight excluding hydrogens is 248 g/mol. The highest BCUT2D eigenvalue weighted by molar-refractivity contribution is 8.00. The predicted molar refractivity (Wildman–Crippen MR) is 71.6 cm³/mol. The lowest BCUT2D eigenvalue weighted by Gasteiger charge is -2.40. The number of ketones is 1. The van der Waals surface area contributed by atoms with E-state index in [1.165, 1.54) is 6.07 Å². The number of carbonyl (C=O) groups is 1. The molecule has 3 rings (SSSR count). The first-order valence-electron chi connectivity index (χ1n) is 6.13. The monoisotopic (exact) mass is 264 g/mol. The Morgan fingerprint density at radius 2 is 2.17 bits per heavy atom. The third-order valence-electron chi connectivity index (χ3n) is 3.64. The Kier molecular flexibility index (Phi) is 2.43. The maximum Gasteiger partial charge on any atom is 0.210 e. The molecule has 1 atom stereocenters. The quantitative estimate of drug-likeness (QED) is 0.782. The Bertz CT molecular complexity index is 524. The molecule has 2 aliphatic rings. The van der Waals surface area contributed by atoms with Crippen LogP contribution >= 0.6 is 11.8 Å². The van der Waals surface area contributed by atoms with E-state index in [9.17, 15) is 9.90 Å². The van der Waals surface area contributed by atoms with E-state index >= 15 is 0 Å². The number of Topliss-reactive ketones (excluding diaryl/α,β-unsaturated/α-hetero) is 1. The normalized spacial score (nSPS) is 29.1. The standard InChI is InChI=1S/C14H16O3S/c1-13(2)8-14(5-6-18-13)12(16)10-4-3-9(15)7-11(10)17-14/h3-4,7,15H,5-6,8H2,1-2H3. The fraction of sp³-hybridized carbons (Fsp3) is 0.500. The van der Waals surface area contributed by atoms with Crippen LogP contribution in [0.5, 0.6) is 11.5 Å². The molecule has 2 aliphatic heterocycles. The van der Waals surface area contributed by atoms with Crippen LogP contribution in [0.15, 0.2) is 18.2 Å². The van der Waals surface area contributed by atoms with Crippen LogP contribution in [0, 0.1) is 0 Å². The van der Waals surface area contributed by atoms with Crippen molar-refractivity contribution < 1.29 is 14.6 Å². The highest BCUT2D eigenvalue weighted by Crippen LogP contribution is 2.49. The van der Waals surface area contributed by atoms with Gasteiger partial charge in [0, 0.05) is 23.7 Å². The molecule has 1 spiro atoms. The zero-order valence-electron chi connectivity index (χ0n) is 10.5. The van der Waals surface area contributed by atoms with E-state index in [1.807, 2.05) is 11.8 Å². The van der Waals surface area contributed by atoms with Crippen LogP contribution in [0.3, 0.4) is 0 Å². The molecule has 0 radical (unpaired) electrons. The summed E-state index contributed by atoms with van der Waals surface area (Å²) >= 11 is 1.88. The first kappa shape index (κ1) is 11.9. The summed E-state index contributed by atoms with van der Waals surface area (Å²) in [6, 6.07) is 4.75. The van der Waals surface area contributed by atoms with Crippen LogP contribution in [-0.2, 0) is 0 Å². The van der Waals surface area contributed by atoms with Gasteiger partial charge in [-0.2, -0.15) is 11.8 Å². The lowest BCUT2D eigenvalue weighted by Crippen LogP contribution is -2.48. The molecular formula is C14H16O3S. The van der Waals surface area contributed by atoms with Gasteiger partial charge in [0.05, 0.1) is 5.56 Å². The molecule has 1 aromatic carbocycles. The molecule has 0 amide bonds. The fourth-order valence-corrected chi connectivity index (χ4v) is 4.21. The summed E-state index contributed by atoms with van der Waals surface area (Å²) in [5.41, 5.74) is -0.0966. The van der Waals surface area contributed by atoms with Crippen molar-refractivity contribution in [3.05, 3.63) is 23.8 Å². The van der Waals surface area contributed by atoms with Gasteiger partial charge in [-0.25, -0.2) is 0 Å². The molecule has 0 bridgehead atoms. The van der Waals surface area contributed by atoms with E-state index in [0.29, 0.717) is 11.3 Å². The van der Waals surface area contributed by atoms with Crippen molar-refractivity contribution >= 4 is 17.5 Å². The molecule has 4 heteroatoms. The van der Waals surface area contributed by atoms with Crippen molar-refractivity contribution in [2.24, 2.45) is 0 Å². The number of phenols is 1. The van der Waals surface area contributed by atoms with Crippen molar-refractivity contribution in [2.75, 3.05) is 5.75 Å². The van der Waals surface area contributed by atoms with Crippen LogP contribution in [0.4, 0.5) is 0 Å². The number of thioether (sulfide) groups is 1. The van der Waals surface area contributed by atoms with Gasteiger partial charge in [-0.05, 0) is 17.9 Å². The molecule has 1 saturated heterocycles. The molecule has 1 aromatic rings. The van der Waals surface area contributed by atoms with Crippen molar-refractivity contribution in [3.63, 3.8) is 0 Å². The average Bonchev–Trinajstić information content (AvgIpc) is 2.50. The van der Waals surface area contributed by atoms with Gasteiger partial charge < -0.3 is 9.84 Å². The minimum Gasteiger partial charge on any atom is -0.508 e. The Hall–Kier alpha value is -1.16. The van der Waals surface area contributed by atoms with Gasteiger partial charge in [-0.15, -0.1) is 0 Å². The lowest BCUT2D eigenvalue weighted by molar-refractivity contribution is 0.0458. The van der Waals surface area contributed by atoms with Crippen LogP contribution in [0.25, 0.3) is 0 Å². The minimum absolute atomic E-state index is 0.0536. The van der Waals surface area contributed by atoms with E-state index in [1.54, 1.807) is 12.1 Å². The summed E-state index contributed by atoms with van der Waals surface area (Å²) < 4.78 is 5.99. The first-order chi connectivity index (χ1) is 8.42. The van der Waals surface area contributed by atoms with E-state index < -0.39 is 5.60 Å². The summed E-state index contributed by atoms with van der Waals surface area (Å²) in [4.78, 5) is 12.6. The van der Waals surface area contributed by atoms with E-state index in [4.69, 9.17) is 4.74 Å². The minimum atomic E-state index is -0.703. The molecule has 0 aliphatic carbocycles. The number of phenolic OH excluding ortho intramolecular Hbond substituents is 1. The summed E-state index contributed by atoms with van der Waals surface area (Å²) in [5.74, 6) is 1.68. The number of hydrogen-bond acceptors (Lipinski definition) is 4. The van der Waals surface area contributed by atoms with Crippen molar-refractivity contribution in [1.29, 1.82) is 0 Å². The van der Waals surface area contributed by atoms with Crippen LogP contribution in [0.1, 0.15) is 37.0 Å². The van der Waals surface area contributed by atoms with Crippen LogP contribution in [0.2, 0.25) is 0 Å². The van der Waals surface area contributed by atoms with E-state index in [0.717, 1.165) is 18.6 Å². The molecule has 3 nitrogen and oxygen atoms in total. The second kappa shape index (κ2) is 3.67. The molecule has 1 fully saturated rings. The fourth-order valence-electron chi connectivity index (χ4n) is 2.89. The second-order valence-electron chi connectivity index (χ2n) is 5.64. The molecule has 0 saturated carbocycles. The number of carbonyl (C=O) groups excluding carboxylic acids is 1. The van der Waals surface area contributed by atoms with Crippen molar-refractivity contribution in [2.45, 2.75) is 37.0 Å². The van der Waals surface area contributed by atoms with Gasteiger partial charge in [0.2, 0.25) is 5.78 Å². The smallest absolute Gasteiger partial charge is 0.210 e. The third kappa shape index (κ3) is 1.70. The van der Waals surface area contributed by atoms with E-state index in [-0.39, 0.29) is 16.3 Å². The highest BCUT2D eigenvalue weighted by atomic mass is 32.2. The Morgan fingerprint density at radius 3 is 2.89 bits per heavy atom. The summed E-state index contributed by atoms with van der Waals surface area (Å²) in [6.07, 6.45) is 1.47. The van der Waals surface area contributed by atoms with Gasteiger partial charge in [0.1, 0.15) is 11.5 Å². The summed E-state index contributed by atoms with van der Waals surface area (Å²) in [6.45, 7) is 4.30. The molecule has 2 heterocycles. The van der Waals surface area contributed by atoms with Gasteiger partial charge >= 0.3 is 0 Å². The van der Waals surface area contributed by atoms with Gasteiger partial charge in [-0.3, -0.25) is 4.79 Å². The average molecular weight is 264 g/mol. The van der Waals surface area contributed by atoms with Crippen molar-refractivity contribution in [1.82, 2.24) is 0 Å². The van der Waals surface area contributed by atoms with E-state index in [2.05, 4.69) is 13.8 Å². The van der Waals surface area contributed by atoms with Gasteiger partial charge in [-0.1, -0.05) is 13.8 Å². The van der Waals surface area contributed by atoms with Crippen molar-refractivity contribution in [3.8, 4) is 11.5 Å². The molecule has 0 aromatic heterocycles. The predicted octanol–water partition coefficient (Wildman–Crippen LogP) is 3.01. The van der Waals surface area contributed by atoms with Crippen LogP contribution < -0.4 is 4.74 Å². The molecule has 18 heavy (non-hydrogen) atoms. The SMILES string of the molecule is CC1(C)CC2(CCS1)Oc1cc(O)ccc1C2=O. The number of benzene rings is 1. The highest BCUT2D eigenvalue weighted by Gasteiger charge is 2.52. The third-order valence-corrected chi connectivity index (χ3v) is 4.97. The Balaban J connectivity index is 2.00. The zero-order valence-corrected chi connectivity index (χ0v) is 11.3. The second-order valence-corrected chi connectivity index (χ2v) is 7.44. The maximum absolute atomic E-state index is 12.6. The Morgan fingerprint density at radius 1 is 1.39 bits per heavy atom.